The fraction of sp³-hybridized carbons (Fsp3) is 0.300. The number of hydrogen-bond acceptors (Lipinski definition) is 2. The SMILES string of the molecule is CCCNC(=O)C1(c2ccc(NC(=O)c3ccc(Br)cc3)cc2)CC1. The van der Waals surface area contributed by atoms with Crippen molar-refractivity contribution < 1.29 is 9.59 Å². The lowest BCUT2D eigenvalue weighted by atomic mass is 9.94. The Morgan fingerprint density at radius 2 is 1.68 bits per heavy atom. The van der Waals surface area contributed by atoms with Crippen LogP contribution in [0, 0.1) is 0 Å². The van der Waals surface area contributed by atoms with E-state index in [2.05, 4.69) is 26.6 Å². The van der Waals surface area contributed by atoms with Gasteiger partial charge in [-0.1, -0.05) is 35.0 Å². The molecule has 2 amide bonds. The molecule has 4 nitrogen and oxygen atoms in total. The number of hydrogen-bond donors (Lipinski definition) is 2. The molecular formula is C20H21BrN2O2. The first kappa shape index (κ1) is 17.7. The number of carbonyl (C=O) groups is 2. The maximum absolute atomic E-state index is 12.4. The molecule has 130 valence electrons. The molecule has 1 fully saturated rings. The zero-order valence-corrected chi connectivity index (χ0v) is 15.7. The Morgan fingerprint density at radius 1 is 1.04 bits per heavy atom. The second-order valence-corrected chi connectivity index (χ2v) is 7.29. The molecule has 1 aliphatic carbocycles. The summed E-state index contributed by atoms with van der Waals surface area (Å²) in [6, 6.07) is 14.8. The van der Waals surface area contributed by atoms with Crippen molar-refractivity contribution in [1.82, 2.24) is 5.32 Å². The van der Waals surface area contributed by atoms with Crippen LogP contribution in [0.25, 0.3) is 0 Å². The van der Waals surface area contributed by atoms with E-state index in [1.54, 1.807) is 12.1 Å². The molecule has 2 aromatic carbocycles. The molecule has 0 aliphatic heterocycles. The van der Waals surface area contributed by atoms with E-state index in [0.29, 0.717) is 12.1 Å². The average Bonchev–Trinajstić information content (AvgIpc) is 3.43. The standard InChI is InChI=1S/C20H21BrN2O2/c1-2-13-22-19(25)20(11-12-20)15-5-9-17(10-6-15)23-18(24)14-3-7-16(21)8-4-14/h3-10H,2,11-13H2,1H3,(H,22,25)(H,23,24). The number of carbonyl (C=O) groups excluding carboxylic acids is 2. The van der Waals surface area contributed by atoms with Crippen LogP contribution in [0.1, 0.15) is 42.1 Å². The molecule has 0 spiro atoms. The van der Waals surface area contributed by atoms with Crippen molar-refractivity contribution in [1.29, 1.82) is 0 Å². The van der Waals surface area contributed by atoms with Crippen molar-refractivity contribution in [3.05, 3.63) is 64.1 Å². The van der Waals surface area contributed by atoms with Gasteiger partial charge >= 0.3 is 0 Å². The van der Waals surface area contributed by atoms with Crippen molar-refractivity contribution in [2.45, 2.75) is 31.6 Å². The van der Waals surface area contributed by atoms with Gasteiger partial charge < -0.3 is 10.6 Å². The maximum Gasteiger partial charge on any atom is 0.255 e. The average molecular weight is 401 g/mol. The third-order valence-corrected chi connectivity index (χ3v) is 5.05. The number of anilines is 1. The molecule has 0 heterocycles. The topological polar surface area (TPSA) is 58.2 Å². The van der Waals surface area contributed by atoms with E-state index in [9.17, 15) is 9.59 Å². The summed E-state index contributed by atoms with van der Waals surface area (Å²) >= 11 is 3.36. The molecule has 0 bridgehead atoms. The lowest BCUT2D eigenvalue weighted by molar-refractivity contribution is -0.123. The number of benzene rings is 2. The van der Waals surface area contributed by atoms with Gasteiger partial charge in [0, 0.05) is 22.3 Å². The van der Waals surface area contributed by atoms with Gasteiger partial charge in [-0.05, 0) is 61.2 Å². The molecule has 2 aromatic rings. The number of rotatable bonds is 6. The van der Waals surface area contributed by atoms with Crippen LogP contribution in [0.5, 0.6) is 0 Å². The molecule has 0 radical (unpaired) electrons. The van der Waals surface area contributed by atoms with Crippen LogP contribution in [0.15, 0.2) is 53.0 Å². The van der Waals surface area contributed by atoms with E-state index in [1.807, 2.05) is 43.3 Å². The van der Waals surface area contributed by atoms with E-state index >= 15 is 0 Å². The zero-order valence-electron chi connectivity index (χ0n) is 14.1. The van der Waals surface area contributed by atoms with Crippen LogP contribution in [-0.2, 0) is 10.2 Å². The first-order valence-electron chi connectivity index (χ1n) is 8.51. The Hall–Kier alpha value is -2.14. The Balaban J connectivity index is 1.67. The van der Waals surface area contributed by atoms with Gasteiger partial charge in [-0.2, -0.15) is 0 Å². The van der Waals surface area contributed by atoms with Crippen LogP contribution in [-0.4, -0.2) is 18.4 Å². The van der Waals surface area contributed by atoms with Gasteiger partial charge in [-0.15, -0.1) is 0 Å². The monoisotopic (exact) mass is 400 g/mol. The number of nitrogens with one attached hydrogen (secondary N) is 2. The van der Waals surface area contributed by atoms with Crippen LogP contribution in [0.3, 0.4) is 0 Å². The van der Waals surface area contributed by atoms with Gasteiger partial charge in [0.1, 0.15) is 0 Å². The molecule has 1 aliphatic rings. The van der Waals surface area contributed by atoms with Crippen LogP contribution in [0.2, 0.25) is 0 Å². The third-order valence-electron chi connectivity index (χ3n) is 4.52. The van der Waals surface area contributed by atoms with Gasteiger partial charge in [0.25, 0.3) is 5.91 Å². The fourth-order valence-electron chi connectivity index (χ4n) is 2.86. The first-order chi connectivity index (χ1) is 12.0. The highest BCUT2D eigenvalue weighted by Gasteiger charge is 2.50. The summed E-state index contributed by atoms with van der Waals surface area (Å²) in [6.07, 6.45) is 2.70. The van der Waals surface area contributed by atoms with E-state index in [-0.39, 0.29) is 17.2 Å². The zero-order chi connectivity index (χ0) is 17.9. The number of halogens is 1. The van der Waals surface area contributed by atoms with Gasteiger partial charge in [0.15, 0.2) is 0 Å². The molecule has 25 heavy (non-hydrogen) atoms. The van der Waals surface area contributed by atoms with Crippen molar-refractivity contribution in [2.75, 3.05) is 11.9 Å². The van der Waals surface area contributed by atoms with Gasteiger partial charge in [0.05, 0.1) is 5.41 Å². The quantitative estimate of drug-likeness (QED) is 0.760. The predicted molar refractivity (Wildman–Crippen MR) is 103 cm³/mol. The molecule has 0 saturated heterocycles. The summed E-state index contributed by atoms with van der Waals surface area (Å²) < 4.78 is 0.935. The molecule has 2 N–H and O–H groups in total. The molecule has 5 heteroatoms. The molecule has 0 atom stereocenters. The van der Waals surface area contributed by atoms with Gasteiger partial charge in [-0.25, -0.2) is 0 Å². The van der Waals surface area contributed by atoms with Crippen molar-refractivity contribution >= 4 is 33.4 Å². The minimum Gasteiger partial charge on any atom is -0.355 e. The van der Waals surface area contributed by atoms with Crippen molar-refractivity contribution in [2.24, 2.45) is 0 Å². The highest BCUT2D eigenvalue weighted by molar-refractivity contribution is 9.10. The highest BCUT2D eigenvalue weighted by atomic mass is 79.9. The lowest BCUT2D eigenvalue weighted by Gasteiger charge is -2.16. The maximum atomic E-state index is 12.4. The second-order valence-electron chi connectivity index (χ2n) is 6.38. The summed E-state index contributed by atoms with van der Waals surface area (Å²) in [7, 11) is 0. The molecule has 1 saturated carbocycles. The van der Waals surface area contributed by atoms with Gasteiger partial charge in [-0.3, -0.25) is 9.59 Å². The highest BCUT2D eigenvalue weighted by Crippen LogP contribution is 2.48. The van der Waals surface area contributed by atoms with Crippen LogP contribution in [0.4, 0.5) is 5.69 Å². The Labute approximate surface area is 156 Å². The summed E-state index contributed by atoms with van der Waals surface area (Å²) in [5.41, 5.74) is 1.97. The molecular weight excluding hydrogens is 380 g/mol. The molecule has 3 rings (SSSR count). The Morgan fingerprint density at radius 3 is 2.24 bits per heavy atom. The second kappa shape index (κ2) is 7.40. The molecule has 0 aromatic heterocycles. The lowest BCUT2D eigenvalue weighted by Crippen LogP contribution is -2.35. The number of amides is 2. The summed E-state index contributed by atoms with van der Waals surface area (Å²) in [4.78, 5) is 24.6. The first-order valence-corrected chi connectivity index (χ1v) is 9.30. The summed E-state index contributed by atoms with van der Waals surface area (Å²) in [6.45, 7) is 2.75. The largest absolute Gasteiger partial charge is 0.355 e. The third kappa shape index (κ3) is 3.93. The van der Waals surface area contributed by atoms with E-state index in [1.165, 1.54) is 0 Å². The van der Waals surface area contributed by atoms with Crippen molar-refractivity contribution in [3.63, 3.8) is 0 Å². The van der Waals surface area contributed by atoms with E-state index < -0.39 is 0 Å². The predicted octanol–water partition coefficient (Wildman–Crippen LogP) is 4.26. The van der Waals surface area contributed by atoms with Crippen molar-refractivity contribution in [3.8, 4) is 0 Å². The Bertz CT molecular complexity index is 765. The van der Waals surface area contributed by atoms with Crippen LogP contribution < -0.4 is 10.6 Å². The fourth-order valence-corrected chi connectivity index (χ4v) is 3.12. The molecule has 0 unspecified atom stereocenters. The normalized spacial score (nSPS) is 14.6. The minimum atomic E-state index is -0.372. The summed E-state index contributed by atoms with van der Waals surface area (Å²) in [5.74, 6) is -0.0388. The smallest absolute Gasteiger partial charge is 0.255 e. The van der Waals surface area contributed by atoms with Crippen LogP contribution >= 0.6 is 15.9 Å². The Kier molecular flexibility index (Phi) is 5.23. The summed E-state index contributed by atoms with van der Waals surface area (Å²) in [5, 5.41) is 5.88. The van der Waals surface area contributed by atoms with E-state index in [4.69, 9.17) is 0 Å². The minimum absolute atomic E-state index is 0.112. The van der Waals surface area contributed by atoms with E-state index in [0.717, 1.165) is 35.0 Å². The van der Waals surface area contributed by atoms with Gasteiger partial charge in [0.2, 0.25) is 5.91 Å².